The summed E-state index contributed by atoms with van der Waals surface area (Å²) in [5.41, 5.74) is 0. The summed E-state index contributed by atoms with van der Waals surface area (Å²) >= 11 is 5.11. The number of carboxylic acids is 1. The van der Waals surface area contributed by atoms with Gasteiger partial charge in [0.1, 0.15) is 5.78 Å². The molecule has 28 heavy (non-hydrogen) atoms. The normalized spacial score (nSPS) is 23.8. The molecule has 0 unspecified atom stereocenters. The Morgan fingerprint density at radius 3 is 1.89 bits per heavy atom. The number of thiocarbonyl (C=S) groups is 1. The van der Waals surface area contributed by atoms with Crippen LogP contribution in [0.3, 0.4) is 0 Å². The van der Waals surface area contributed by atoms with E-state index in [1.165, 1.54) is 71.1 Å². The molecule has 0 aromatic heterocycles. The lowest BCUT2D eigenvalue weighted by molar-refractivity contribution is -0.725. The molecule has 0 radical (unpaired) electrons. The number of carbonyl (C=O) groups excluding carboxylic acids is 2. The number of aliphatic carboxylic acids is 1. The number of ketones is 1. The number of carbonyl (C=O) groups is 2. The Bertz CT molecular complexity index is 498. The summed E-state index contributed by atoms with van der Waals surface area (Å²) in [7, 11) is 0. The van der Waals surface area contributed by atoms with Gasteiger partial charge in [0, 0.05) is 19.4 Å². The van der Waals surface area contributed by atoms with Crippen molar-refractivity contribution in [3.05, 3.63) is 0 Å². The molecule has 1 atom stereocenters. The maximum Gasteiger partial charge on any atom is 0.130 e. The van der Waals surface area contributed by atoms with Gasteiger partial charge in [-0.25, -0.2) is 0 Å². The van der Waals surface area contributed by atoms with Crippen molar-refractivity contribution >= 4 is 29.0 Å². The highest BCUT2D eigenvalue weighted by Gasteiger charge is 2.27. The molecule has 5 nitrogen and oxygen atoms in total. The number of nitrogens with two attached hydrogens (primary N) is 1. The number of likely N-dealkylation sites (tertiary alicyclic amines) is 1. The number of nitrogens with zero attached hydrogens (tertiary/aromatic N) is 1. The van der Waals surface area contributed by atoms with Gasteiger partial charge in [-0.1, -0.05) is 25.1 Å². The number of rotatable bonds is 6. The molecule has 1 heterocycles. The summed E-state index contributed by atoms with van der Waals surface area (Å²) in [6.45, 7) is 2.16. The van der Waals surface area contributed by atoms with E-state index in [-0.39, 0.29) is 5.78 Å². The van der Waals surface area contributed by atoms with Gasteiger partial charge >= 0.3 is 0 Å². The van der Waals surface area contributed by atoms with Gasteiger partial charge in [-0.3, -0.25) is 0 Å². The fourth-order valence-corrected chi connectivity index (χ4v) is 5.10. The highest BCUT2D eigenvalue weighted by molar-refractivity contribution is 7.80. The zero-order valence-electron chi connectivity index (χ0n) is 17.5. The predicted octanol–water partition coefficient (Wildman–Crippen LogP) is 2.11. The van der Waals surface area contributed by atoms with Crippen LogP contribution in [-0.4, -0.2) is 46.3 Å². The maximum atomic E-state index is 10.8. The quantitative estimate of drug-likeness (QED) is 0.679. The molecule has 3 rings (SSSR count). The third-order valence-electron chi connectivity index (χ3n) is 6.38. The summed E-state index contributed by atoms with van der Waals surface area (Å²) in [5, 5.41) is 13.5. The maximum absolute atomic E-state index is 10.8. The number of hydrogen-bond acceptors (Lipinski definition) is 4. The van der Waals surface area contributed by atoms with Gasteiger partial charge in [0.05, 0.1) is 29.1 Å². The first-order valence-corrected chi connectivity index (χ1v) is 11.7. The van der Waals surface area contributed by atoms with Gasteiger partial charge in [0.2, 0.25) is 0 Å². The van der Waals surface area contributed by atoms with Crippen molar-refractivity contribution < 1.29 is 20.0 Å². The molecule has 1 aliphatic heterocycles. The van der Waals surface area contributed by atoms with Gasteiger partial charge < -0.3 is 24.9 Å². The van der Waals surface area contributed by atoms with Gasteiger partial charge in [0.15, 0.2) is 0 Å². The molecule has 1 saturated heterocycles. The smallest absolute Gasteiger partial charge is 0.130 e. The molecule has 0 amide bonds. The number of quaternary nitrogens is 1. The number of hydrogen-bond donors (Lipinski definition) is 1. The van der Waals surface area contributed by atoms with Crippen molar-refractivity contribution in [1.29, 1.82) is 0 Å². The molecule has 3 fully saturated rings. The van der Waals surface area contributed by atoms with Crippen LogP contribution < -0.4 is 10.4 Å². The zero-order valence-corrected chi connectivity index (χ0v) is 18.3. The molecule has 0 aromatic rings. The van der Waals surface area contributed by atoms with Crippen LogP contribution >= 0.6 is 12.2 Å². The SMILES string of the molecule is C1CCC([NH2+]C2CCCCC2)CC1.CC(=O)CCC(=S)N1CCC[C@H]1C(=O)[O-]. The summed E-state index contributed by atoms with van der Waals surface area (Å²) in [6.07, 6.45) is 17.2. The lowest BCUT2D eigenvalue weighted by atomic mass is 9.91. The van der Waals surface area contributed by atoms with Crippen LogP contribution in [0.25, 0.3) is 0 Å². The van der Waals surface area contributed by atoms with E-state index in [2.05, 4.69) is 5.32 Å². The zero-order chi connectivity index (χ0) is 20.4. The van der Waals surface area contributed by atoms with Crippen LogP contribution in [0.2, 0.25) is 0 Å². The van der Waals surface area contributed by atoms with Crippen molar-refractivity contribution in [2.24, 2.45) is 0 Å². The van der Waals surface area contributed by atoms with E-state index in [1.807, 2.05) is 0 Å². The fourth-order valence-electron chi connectivity index (χ4n) is 4.77. The Morgan fingerprint density at radius 2 is 1.43 bits per heavy atom. The Labute approximate surface area is 175 Å². The largest absolute Gasteiger partial charge is 0.548 e. The average molecular weight is 411 g/mol. The monoisotopic (exact) mass is 410 g/mol. The number of Topliss-reactive ketones (excluding diaryl/α,β-unsaturated/α-hetero) is 1. The lowest BCUT2D eigenvalue weighted by Gasteiger charge is -2.27. The van der Waals surface area contributed by atoms with Gasteiger partial charge in [-0.05, 0) is 71.1 Å². The molecule has 2 N–H and O–H groups in total. The van der Waals surface area contributed by atoms with Crippen LogP contribution in [0.1, 0.15) is 96.8 Å². The highest BCUT2D eigenvalue weighted by Crippen LogP contribution is 2.19. The van der Waals surface area contributed by atoms with Crippen LogP contribution in [-0.2, 0) is 9.59 Å². The summed E-state index contributed by atoms with van der Waals surface area (Å²) in [6, 6.07) is 1.40. The second-order valence-corrected chi connectivity index (χ2v) is 9.23. The first-order chi connectivity index (χ1) is 13.5. The van der Waals surface area contributed by atoms with E-state index in [4.69, 9.17) is 12.2 Å². The Balaban J connectivity index is 0.000000202. The molecule has 160 valence electrons. The van der Waals surface area contributed by atoms with Crippen LogP contribution in [0, 0.1) is 0 Å². The van der Waals surface area contributed by atoms with E-state index < -0.39 is 12.0 Å². The van der Waals surface area contributed by atoms with E-state index >= 15 is 0 Å². The van der Waals surface area contributed by atoms with Crippen molar-refractivity contribution in [2.75, 3.05) is 6.54 Å². The molecule has 2 saturated carbocycles. The lowest BCUT2D eigenvalue weighted by Crippen LogP contribution is -2.95. The average Bonchev–Trinajstić information content (AvgIpc) is 3.19. The van der Waals surface area contributed by atoms with E-state index in [0.29, 0.717) is 30.8 Å². The minimum Gasteiger partial charge on any atom is -0.548 e. The molecule has 2 aliphatic carbocycles. The second kappa shape index (κ2) is 12.5. The van der Waals surface area contributed by atoms with E-state index in [1.54, 1.807) is 4.90 Å². The summed E-state index contributed by atoms with van der Waals surface area (Å²) in [5.74, 6) is -1.00. The molecule has 0 spiro atoms. The summed E-state index contributed by atoms with van der Waals surface area (Å²) in [4.78, 5) is 23.8. The van der Waals surface area contributed by atoms with Crippen molar-refractivity contribution in [3.8, 4) is 0 Å². The Hall–Kier alpha value is -1.01. The van der Waals surface area contributed by atoms with Gasteiger partial charge in [0.25, 0.3) is 0 Å². The third-order valence-corrected chi connectivity index (χ3v) is 6.82. The van der Waals surface area contributed by atoms with Crippen LogP contribution in [0.5, 0.6) is 0 Å². The first-order valence-electron chi connectivity index (χ1n) is 11.3. The van der Waals surface area contributed by atoms with E-state index in [0.717, 1.165) is 18.5 Å². The number of carboxylic acid groups (broad SMARTS) is 1. The molecular weight excluding hydrogens is 372 g/mol. The molecular formula is C22H38N2O3S. The molecule has 0 aromatic carbocycles. The van der Waals surface area contributed by atoms with Gasteiger partial charge in [-0.15, -0.1) is 0 Å². The minimum absolute atomic E-state index is 0.0709. The van der Waals surface area contributed by atoms with Crippen molar-refractivity contribution in [2.45, 2.75) is 115 Å². The second-order valence-electron chi connectivity index (χ2n) is 8.75. The van der Waals surface area contributed by atoms with E-state index in [9.17, 15) is 14.7 Å². The van der Waals surface area contributed by atoms with Crippen molar-refractivity contribution in [1.82, 2.24) is 4.90 Å². The first kappa shape index (κ1) is 23.3. The predicted molar refractivity (Wildman–Crippen MR) is 113 cm³/mol. The Kier molecular flexibility index (Phi) is 10.4. The fraction of sp³-hybridized carbons (Fsp3) is 0.864. The molecule has 3 aliphatic rings. The topological polar surface area (TPSA) is 77.0 Å². The molecule has 0 bridgehead atoms. The van der Waals surface area contributed by atoms with Crippen LogP contribution in [0.15, 0.2) is 0 Å². The van der Waals surface area contributed by atoms with Crippen LogP contribution in [0.4, 0.5) is 0 Å². The highest BCUT2D eigenvalue weighted by atomic mass is 32.1. The molecule has 6 heteroatoms. The minimum atomic E-state index is -1.07. The summed E-state index contributed by atoms with van der Waals surface area (Å²) < 4.78 is 0. The third kappa shape index (κ3) is 8.16. The standard InChI is InChI=1S/C12H23N.C10H15NO3S/c1-3-7-11(8-4-1)13-12-9-5-2-6-10-12;1-7(12)4-5-9(15)11-6-2-3-8(11)10(13)14/h11-13H,1-10H2;8H,2-6H2,1H3,(H,13,14)/t;8-/m.0/s1. The van der Waals surface area contributed by atoms with Crippen molar-refractivity contribution in [3.63, 3.8) is 0 Å². The Morgan fingerprint density at radius 1 is 0.893 bits per heavy atom. The van der Waals surface area contributed by atoms with Gasteiger partial charge in [-0.2, -0.15) is 0 Å².